The van der Waals surface area contributed by atoms with Crippen molar-refractivity contribution < 1.29 is 21.6 Å². The van der Waals surface area contributed by atoms with Crippen LogP contribution in [0.3, 0.4) is 0 Å². The summed E-state index contributed by atoms with van der Waals surface area (Å²) < 4.78 is 68.1. The number of hydrogen-bond acceptors (Lipinski definition) is 2. The van der Waals surface area contributed by atoms with Crippen molar-refractivity contribution in [3.8, 4) is 11.1 Å². The van der Waals surface area contributed by atoms with E-state index in [-0.39, 0.29) is 0 Å². The molecule has 0 atom stereocenters. The Bertz CT molecular complexity index is 1360. The van der Waals surface area contributed by atoms with Crippen molar-refractivity contribution in [1.82, 2.24) is 0 Å². The Morgan fingerprint density at radius 2 is 1.65 bits per heavy atom. The minimum absolute atomic E-state index is 0.300. The molecule has 0 amide bonds. The fourth-order valence-electron chi connectivity index (χ4n) is 5.03. The van der Waals surface area contributed by atoms with E-state index in [2.05, 4.69) is 6.92 Å². The van der Waals surface area contributed by atoms with Gasteiger partial charge in [-0.2, -0.15) is 13.2 Å². The monoisotopic (exact) mass is 529 g/mol. The van der Waals surface area contributed by atoms with Gasteiger partial charge < -0.3 is 0 Å². The quantitative estimate of drug-likeness (QED) is 0.337. The molecule has 0 radical (unpaired) electrons. The Labute approximate surface area is 218 Å². The number of anilines is 1. The molecule has 2 aromatic carbocycles. The minimum atomic E-state index is -4.39. The Balaban J connectivity index is 1.66. The van der Waals surface area contributed by atoms with Crippen LogP contribution < -0.4 is 4.31 Å². The van der Waals surface area contributed by atoms with E-state index in [1.54, 1.807) is 18.2 Å². The number of sulfonamides is 1. The first-order valence-electron chi connectivity index (χ1n) is 12.8. The van der Waals surface area contributed by atoms with Gasteiger partial charge in [-0.15, -0.1) is 0 Å². The molecule has 4 rings (SSSR count). The maximum absolute atomic E-state index is 13.8. The van der Waals surface area contributed by atoms with E-state index in [0.29, 0.717) is 29.1 Å². The summed E-state index contributed by atoms with van der Waals surface area (Å²) >= 11 is 0. The summed E-state index contributed by atoms with van der Waals surface area (Å²) in [6.07, 6.45) is 5.97. The summed E-state index contributed by atoms with van der Waals surface area (Å²) in [6, 6.07) is 10.5. The smallest absolute Gasteiger partial charge is 0.265 e. The topological polar surface area (TPSA) is 37.4 Å². The van der Waals surface area contributed by atoms with Gasteiger partial charge in [0.15, 0.2) is 0 Å². The maximum Gasteiger partial charge on any atom is 0.416 e. The van der Waals surface area contributed by atoms with Gasteiger partial charge in [-0.05, 0) is 72.4 Å². The standard InChI is InChI=1S/C30H34F3NO2S/c1-5-6-7-8-22-12-17-26(16-9-21(22)2)37(35,36)34-20-29(3,4)27-19-24(13-18-28(27)34)23-10-14-25(15-11-23)30(31,32)33/h9-15,17-19H,5-8,16,20H2,1-4H3. The second-order valence-electron chi connectivity index (χ2n) is 10.6. The van der Waals surface area contributed by atoms with Gasteiger partial charge in [0.2, 0.25) is 0 Å². The number of hydrogen-bond donors (Lipinski definition) is 0. The van der Waals surface area contributed by atoms with Gasteiger partial charge in [0.1, 0.15) is 0 Å². The number of nitrogens with zero attached hydrogens (tertiary/aromatic N) is 1. The molecule has 0 unspecified atom stereocenters. The molecule has 0 saturated heterocycles. The highest BCUT2D eigenvalue weighted by Gasteiger charge is 2.42. The maximum atomic E-state index is 13.8. The van der Waals surface area contributed by atoms with Gasteiger partial charge in [-0.1, -0.05) is 69.5 Å². The molecular weight excluding hydrogens is 495 g/mol. The molecule has 3 nitrogen and oxygen atoms in total. The first-order chi connectivity index (χ1) is 17.3. The van der Waals surface area contributed by atoms with Crippen LogP contribution >= 0.6 is 0 Å². The van der Waals surface area contributed by atoms with Crippen molar-refractivity contribution in [1.29, 1.82) is 0 Å². The molecular formula is C30H34F3NO2S. The third-order valence-corrected chi connectivity index (χ3v) is 9.21. The molecule has 1 aliphatic carbocycles. The zero-order valence-corrected chi connectivity index (χ0v) is 22.6. The largest absolute Gasteiger partial charge is 0.416 e. The number of alkyl halides is 3. The van der Waals surface area contributed by atoms with Crippen molar-refractivity contribution in [2.45, 2.75) is 71.4 Å². The van der Waals surface area contributed by atoms with Crippen molar-refractivity contribution in [2.24, 2.45) is 0 Å². The highest BCUT2D eigenvalue weighted by Crippen LogP contribution is 2.45. The first-order valence-corrected chi connectivity index (χ1v) is 14.2. The van der Waals surface area contributed by atoms with Crippen LogP contribution in [0.5, 0.6) is 0 Å². The van der Waals surface area contributed by atoms with E-state index in [0.717, 1.165) is 54.5 Å². The molecule has 2 aliphatic rings. The van der Waals surface area contributed by atoms with Gasteiger partial charge in [0, 0.05) is 18.4 Å². The fraction of sp³-hybridized carbons (Fsp3) is 0.400. The van der Waals surface area contributed by atoms with Gasteiger partial charge in [0.05, 0.1) is 16.2 Å². The second-order valence-corrected chi connectivity index (χ2v) is 12.5. The summed E-state index contributed by atoms with van der Waals surface area (Å²) in [5, 5.41) is 0. The number of benzene rings is 2. The van der Waals surface area contributed by atoms with Crippen LogP contribution in [0.4, 0.5) is 18.9 Å². The Kier molecular flexibility index (Phi) is 7.48. The van der Waals surface area contributed by atoms with Gasteiger partial charge in [0.25, 0.3) is 10.0 Å². The lowest BCUT2D eigenvalue weighted by Crippen LogP contribution is -2.34. The van der Waals surface area contributed by atoms with Gasteiger partial charge in [-0.3, -0.25) is 4.31 Å². The average Bonchev–Trinajstić information content (AvgIpc) is 2.98. The van der Waals surface area contributed by atoms with Crippen molar-refractivity contribution in [3.05, 3.63) is 87.9 Å². The molecule has 0 bridgehead atoms. The van der Waals surface area contributed by atoms with Crippen LogP contribution in [-0.4, -0.2) is 15.0 Å². The molecule has 1 heterocycles. The van der Waals surface area contributed by atoms with Crippen molar-refractivity contribution >= 4 is 15.7 Å². The molecule has 0 N–H and O–H groups in total. The first kappa shape index (κ1) is 27.2. The molecule has 37 heavy (non-hydrogen) atoms. The SMILES string of the molecule is CCCCCC1=CC=C(S(=O)(=O)N2CC(C)(C)c3cc(-c4ccc(C(F)(F)F)cc4)ccc32)CC=C1C. The molecule has 0 saturated carbocycles. The summed E-state index contributed by atoms with van der Waals surface area (Å²) in [5.41, 5.74) is 4.06. The third kappa shape index (κ3) is 5.57. The molecule has 198 valence electrons. The van der Waals surface area contributed by atoms with Crippen LogP contribution in [0.25, 0.3) is 11.1 Å². The molecule has 0 fully saturated rings. The zero-order chi connectivity index (χ0) is 27.0. The van der Waals surface area contributed by atoms with Crippen LogP contribution in [-0.2, 0) is 21.6 Å². The lowest BCUT2D eigenvalue weighted by Gasteiger charge is -2.23. The van der Waals surface area contributed by atoms with Crippen molar-refractivity contribution in [3.63, 3.8) is 0 Å². The van der Waals surface area contributed by atoms with E-state index >= 15 is 0 Å². The summed E-state index contributed by atoms with van der Waals surface area (Å²) in [4.78, 5) is 0.368. The summed E-state index contributed by atoms with van der Waals surface area (Å²) in [5.74, 6) is 0. The highest BCUT2D eigenvalue weighted by molar-refractivity contribution is 7.96. The van der Waals surface area contributed by atoms with Crippen LogP contribution in [0.1, 0.15) is 70.9 Å². The lowest BCUT2D eigenvalue weighted by molar-refractivity contribution is -0.137. The van der Waals surface area contributed by atoms with E-state index in [1.807, 2.05) is 39.0 Å². The van der Waals surface area contributed by atoms with Gasteiger partial charge in [-0.25, -0.2) is 8.42 Å². The van der Waals surface area contributed by atoms with Gasteiger partial charge >= 0.3 is 6.18 Å². The van der Waals surface area contributed by atoms with Crippen LogP contribution in [0.2, 0.25) is 0 Å². The Morgan fingerprint density at radius 1 is 0.973 bits per heavy atom. The van der Waals surface area contributed by atoms with E-state index in [4.69, 9.17) is 0 Å². The molecule has 1 aliphatic heterocycles. The minimum Gasteiger partial charge on any atom is -0.265 e. The second kappa shape index (κ2) is 10.2. The summed E-state index contributed by atoms with van der Waals surface area (Å²) in [7, 11) is -3.76. The number of halogens is 3. The Hall–Kier alpha value is -2.80. The van der Waals surface area contributed by atoms with E-state index in [9.17, 15) is 21.6 Å². The number of allylic oxidation sites excluding steroid dienone is 6. The summed E-state index contributed by atoms with van der Waals surface area (Å²) in [6.45, 7) is 8.49. The van der Waals surface area contributed by atoms with Crippen LogP contribution in [0, 0.1) is 0 Å². The lowest BCUT2D eigenvalue weighted by atomic mass is 9.85. The van der Waals surface area contributed by atoms with Crippen molar-refractivity contribution in [2.75, 3.05) is 10.8 Å². The average molecular weight is 530 g/mol. The zero-order valence-electron chi connectivity index (χ0n) is 21.8. The molecule has 0 aromatic heterocycles. The third-order valence-electron chi connectivity index (χ3n) is 7.34. The number of rotatable bonds is 7. The molecule has 0 spiro atoms. The predicted octanol–water partition coefficient (Wildman–Crippen LogP) is 8.54. The van der Waals surface area contributed by atoms with E-state index in [1.165, 1.54) is 22.0 Å². The Morgan fingerprint density at radius 3 is 2.30 bits per heavy atom. The molecule has 7 heteroatoms. The normalized spacial score (nSPS) is 17.6. The number of fused-ring (bicyclic) bond motifs is 1. The predicted molar refractivity (Wildman–Crippen MR) is 145 cm³/mol. The van der Waals surface area contributed by atoms with E-state index < -0.39 is 27.2 Å². The number of unbranched alkanes of at least 4 members (excludes halogenated alkanes) is 2. The molecule has 2 aromatic rings. The van der Waals surface area contributed by atoms with Crippen LogP contribution in [0.15, 0.2) is 76.7 Å². The highest BCUT2D eigenvalue weighted by atomic mass is 32.2. The fourth-order valence-corrected chi connectivity index (χ4v) is 6.76.